The zero-order valence-electron chi connectivity index (χ0n) is 10.6. The SMILES string of the molecule is CCCN(C(=O)c1ccc(Br)o1)c1cccc(N)c1. The van der Waals surface area contributed by atoms with E-state index < -0.39 is 0 Å². The van der Waals surface area contributed by atoms with Gasteiger partial charge in [-0.3, -0.25) is 4.79 Å². The molecule has 2 rings (SSSR count). The molecule has 0 unspecified atom stereocenters. The number of carbonyl (C=O) groups is 1. The van der Waals surface area contributed by atoms with Crippen molar-refractivity contribution < 1.29 is 9.21 Å². The second-order valence-electron chi connectivity index (χ2n) is 4.16. The summed E-state index contributed by atoms with van der Waals surface area (Å²) in [6.45, 7) is 2.63. The summed E-state index contributed by atoms with van der Waals surface area (Å²) in [5.74, 6) is 0.140. The lowest BCUT2D eigenvalue weighted by molar-refractivity contribution is 0.0959. The Labute approximate surface area is 120 Å². The first kappa shape index (κ1) is 13.7. The highest BCUT2D eigenvalue weighted by atomic mass is 79.9. The van der Waals surface area contributed by atoms with Crippen molar-refractivity contribution in [3.8, 4) is 0 Å². The summed E-state index contributed by atoms with van der Waals surface area (Å²) in [6, 6.07) is 10.6. The van der Waals surface area contributed by atoms with Gasteiger partial charge in [0.1, 0.15) is 0 Å². The molecule has 0 atom stereocenters. The maximum atomic E-state index is 12.4. The highest BCUT2D eigenvalue weighted by Gasteiger charge is 2.20. The predicted octanol–water partition coefficient (Wildman–Crippen LogP) is 3.68. The first-order valence-electron chi connectivity index (χ1n) is 6.04. The summed E-state index contributed by atoms with van der Waals surface area (Å²) in [7, 11) is 0. The number of hydrogen-bond donors (Lipinski definition) is 1. The van der Waals surface area contributed by atoms with E-state index in [0.717, 1.165) is 12.1 Å². The first-order chi connectivity index (χ1) is 9.11. The van der Waals surface area contributed by atoms with E-state index >= 15 is 0 Å². The van der Waals surface area contributed by atoms with Crippen LogP contribution in [-0.4, -0.2) is 12.5 Å². The van der Waals surface area contributed by atoms with Crippen LogP contribution in [0.3, 0.4) is 0 Å². The van der Waals surface area contributed by atoms with Crippen LogP contribution in [0.4, 0.5) is 11.4 Å². The van der Waals surface area contributed by atoms with Crippen LogP contribution in [0.15, 0.2) is 45.5 Å². The fourth-order valence-corrected chi connectivity index (χ4v) is 2.13. The van der Waals surface area contributed by atoms with Crippen LogP contribution in [0.5, 0.6) is 0 Å². The average molecular weight is 323 g/mol. The van der Waals surface area contributed by atoms with Gasteiger partial charge in [-0.2, -0.15) is 0 Å². The fourth-order valence-electron chi connectivity index (χ4n) is 1.83. The molecule has 1 amide bonds. The van der Waals surface area contributed by atoms with Gasteiger partial charge >= 0.3 is 0 Å². The summed E-state index contributed by atoms with van der Waals surface area (Å²) in [6.07, 6.45) is 0.850. The molecule has 5 heteroatoms. The standard InChI is InChI=1S/C14H15BrN2O2/c1-2-8-17(11-5-3-4-10(16)9-11)14(18)12-6-7-13(15)19-12/h3-7,9H,2,8,16H2,1H3. The van der Waals surface area contributed by atoms with Gasteiger partial charge in [-0.05, 0) is 52.7 Å². The molecule has 100 valence electrons. The smallest absolute Gasteiger partial charge is 0.294 e. The lowest BCUT2D eigenvalue weighted by atomic mass is 10.2. The lowest BCUT2D eigenvalue weighted by Crippen LogP contribution is -2.31. The van der Waals surface area contributed by atoms with E-state index in [0.29, 0.717) is 22.7 Å². The van der Waals surface area contributed by atoms with Gasteiger partial charge in [0, 0.05) is 17.9 Å². The third-order valence-electron chi connectivity index (χ3n) is 2.66. The van der Waals surface area contributed by atoms with Crippen LogP contribution in [0.1, 0.15) is 23.9 Å². The van der Waals surface area contributed by atoms with Crippen LogP contribution in [0.25, 0.3) is 0 Å². The largest absolute Gasteiger partial charge is 0.444 e. The van der Waals surface area contributed by atoms with Gasteiger partial charge in [0.25, 0.3) is 5.91 Å². The highest BCUT2D eigenvalue weighted by molar-refractivity contribution is 9.10. The summed E-state index contributed by atoms with van der Waals surface area (Å²) < 4.78 is 5.86. The topological polar surface area (TPSA) is 59.5 Å². The van der Waals surface area contributed by atoms with Crippen molar-refractivity contribution in [2.75, 3.05) is 17.2 Å². The van der Waals surface area contributed by atoms with E-state index in [1.165, 1.54) is 0 Å². The van der Waals surface area contributed by atoms with Crippen LogP contribution in [0, 0.1) is 0 Å². The van der Waals surface area contributed by atoms with Gasteiger partial charge in [0.15, 0.2) is 10.4 Å². The maximum absolute atomic E-state index is 12.4. The third kappa shape index (κ3) is 3.17. The Balaban J connectivity index is 2.32. The molecular weight excluding hydrogens is 308 g/mol. The van der Waals surface area contributed by atoms with E-state index in [1.807, 2.05) is 19.1 Å². The van der Waals surface area contributed by atoms with Crippen molar-refractivity contribution in [2.24, 2.45) is 0 Å². The number of nitrogen functional groups attached to an aromatic ring is 1. The number of benzene rings is 1. The summed E-state index contributed by atoms with van der Waals surface area (Å²) in [4.78, 5) is 14.1. The normalized spacial score (nSPS) is 10.4. The summed E-state index contributed by atoms with van der Waals surface area (Å²) >= 11 is 3.20. The van der Waals surface area contributed by atoms with Gasteiger partial charge in [-0.25, -0.2) is 0 Å². The second kappa shape index (κ2) is 5.93. The molecule has 1 aromatic heterocycles. The monoisotopic (exact) mass is 322 g/mol. The number of rotatable bonds is 4. The molecule has 1 heterocycles. The molecule has 1 aromatic carbocycles. The predicted molar refractivity (Wildman–Crippen MR) is 79.2 cm³/mol. The number of anilines is 2. The number of hydrogen-bond acceptors (Lipinski definition) is 3. The minimum atomic E-state index is -0.168. The Morgan fingerprint density at radius 3 is 2.74 bits per heavy atom. The maximum Gasteiger partial charge on any atom is 0.294 e. The van der Waals surface area contributed by atoms with Crippen LogP contribution < -0.4 is 10.6 Å². The Kier molecular flexibility index (Phi) is 4.27. The number of nitrogens with two attached hydrogens (primary N) is 1. The fraction of sp³-hybridized carbons (Fsp3) is 0.214. The van der Waals surface area contributed by atoms with Crippen molar-refractivity contribution in [3.05, 3.63) is 46.8 Å². The molecular formula is C14H15BrN2O2. The van der Waals surface area contributed by atoms with E-state index in [1.54, 1.807) is 29.2 Å². The molecule has 0 saturated heterocycles. The van der Waals surface area contributed by atoms with Gasteiger partial charge in [-0.15, -0.1) is 0 Å². The average Bonchev–Trinajstić information content (AvgIpc) is 2.82. The van der Waals surface area contributed by atoms with E-state index in [9.17, 15) is 4.79 Å². The van der Waals surface area contributed by atoms with Crippen molar-refractivity contribution in [1.29, 1.82) is 0 Å². The minimum absolute atomic E-state index is 0.168. The van der Waals surface area contributed by atoms with Gasteiger partial charge < -0.3 is 15.1 Å². The molecule has 0 radical (unpaired) electrons. The second-order valence-corrected chi connectivity index (χ2v) is 4.94. The van der Waals surface area contributed by atoms with Crippen molar-refractivity contribution >= 4 is 33.2 Å². The van der Waals surface area contributed by atoms with E-state index in [-0.39, 0.29) is 5.91 Å². The molecule has 2 aromatic rings. The number of amides is 1. The third-order valence-corrected chi connectivity index (χ3v) is 3.08. The zero-order chi connectivity index (χ0) is 13.8. The highest BCUT2D eigenvalue weighted by Crippen LogP contribution is 2.22. The van der Waals surface area contributed by atoms with Gasteiger partial charge in [-0.1, -0.05) is 13.0 Å². The molecule has 19 heavy (non-hydrogen) atoms. The van der Waals surface area contributed by atoms with Crippen LogP contribution in [0.2, 0.25) is 0 Å². The van der Waals surface area contributed by atoms with Gasteiger partial charge in [0.2, 0.25) is 0 Å². The first-order valence-corrected chi connectivity index (χ1v) is 6.84. The summed E-state index contributed by atoms with van der Waals surface area (Å²) in [5, 5.41) is 0. The van der Waals surface area contributed by atoms with Crippen LogP contribution in [-0.2, 0) is 0 Å². The zero-order valence-corrected chi connectivity index (χ0v) is 12.2. The Bertz CT molecular complexity index is 580. The minimum Gasteiger partial charge on any atom is -0.444 e. The number of halogens is 1. The van der Waals surface area contributed by atoms with Crippen molar-refractivity contribution in [2.45, 2.75) is 13.3 Å². The van der Waals surface area contributed by atoms with E-state index in [2.05, 4.69) is 15.9 Å². The molecule has 0 aliphatic carbocycles. The van der Waals surface area contributed by atoms with Gasteiger partial charge in [0.05, 0.1) is 0 Å². The Morgan fingerprint density at radius 1 is 1.37 bits per heavy atom. The Hall–Kier alpha value is -1.75. The molecule has 0 saturated carbocycles. The molecule has 0 spiro atoms. The van der Waals surface area contributed by atoms with Crippen molar-refractivity contribution in [1.82, 2.24) is 0 Å². The molecule has 0 aliphatic heterocycles. The number of carbonyl (C=O) groups excluding carboxylic acids is 1. The Morgan fingerprint density at radius 2 is 2.16 bits per heavy atom. The molecule has 4 nitrogen and oxygen atoms in total. The number of furan rings is 1. The molecule has 2 N–H and O–H groups in total. The molecule has 0 aliphatic rings. The van der Waals surface area contributed by atoms with Crippen LogP contribution >= 0.6 is 15.9 Å². The molecule has 0 bridgehead atoms. The summed E-state index contributed by atoms with van der Waals surface area (Å²) in [5.41, 5.74) is 7.18. The number of nitrogens with zero attached hydrogens (tertiary/aromatic N) is 1. The lowest BCUT2D eigenvalue weighted by Gasteiger charge is -2.21. The molecule has 0 fully saturated rings. The quantitative estimate of drug-likeness (QED) is 0.873. The van der Waals surface area contributed by atoms with E-state index in [4.69, 9.17) is 10.2 Å². The van der Waals surface area contributed by atoms with Crippen molar-refractivity contribution in [3.63, 3.8) is 0 Å².